The molecule has 3 aromatic rings. The van der Waals surface area contributed by atoms with Gasteiger partial charge in [0.1, 0.15) is 10.8 Å². The van der Waals surface area contributed by atoms with Gasteiger partial charge >= 0.3 is 0 Å². The minimum absolute atomic E-state index is 0.175. The van der Waals surface area contributed by atoms with Crippen LogP contribution in [0, 0.1) is 19.7 Å². The number of hydrogen-bond acceptors (Lipinski definition) is 5. The molecule has 0 aliphatic carbocycles. The van der Waals surface area contributed by atoms with Crippen LogP contribution in [0.2, 0.25) is 0 Å². The number of ether oxygens (including phenoxy) is 1. The largest absolute Gasteiger partial charge is 0.459 e. The van der Waals surface area contributed by atoms with Crippen molar-refractivity contribution in [3.63, 3.8) is 0 Å². The Morgan fingerprint density at radius 1 is 1.21 bits per heavy atom. The van der Waals surface area contributed by atoms with Gasteiger partial charge in [-0.25, -0.2) is 4.39 Å². The van der Waals surface area contributed by atoms with Gasteiger partial charge in [-0.15, -0.1) is 11.3 Å². The van der Waals surface area contributed by atoms with Crippen molar-refractivity contribution in [3.05, 3.63) is 75.8 Å². The van der Waals surface area contributed by atoms with Crippen LogP contribution in [0.4, 0.5) is 9.39 Å². The van der Waals surface area contributed by atoms with E-state index in [2.05, 4.69) is 17.1 Å². The van der Waals surface area contributed by atoms with Crippen molar-refractivity contribution in [1.29, 1.82) is 0 Å². The topological polar surface area (TPSA) is 54.7 Å². The fraction of sp³-hybridized carbons (Fsp3) is 0.318. The first-order valence-corrected chi connectivity index (χ1v) is 10.4. The van der Waals surface area contributed by atoms with Crippen molar-refractivity contribution in [2.24, 2.45) is 0 Å². The molecule has 0 bridgehead atoms. The van der Waals surface area contributed by atoms with E-state index in [1.54, 1.807) is 24.3 Å². The van der Waals surface area contributed by atoms with E-state index in [-0.39, 0.29) is 23.5 Å². The number of halogens is 1. The molecule has 0 radical (unpaired) electrons. The number of furan rings is 1. The van der Waals surface area contributed by atoms with E-state index in [4.69, 9.17) is 9.15 Å². The molecular formula is C22H23FN2O3S. The Morgan fingerprint density at radius 3 is 2.69 bits per heavy atom. The number of nitrogens with zero attached hydrogens (tertiary/aromatic N) is 1. The summed E-state index contributed by atoms with van der Waals surface area (Å²) < 4.78 is 24.9. The molecule has 0 saturated carbocycles. The summed E-state index contributed by atoms with van der Waals surface area (Å²) in [5.74, 6) is -0.308. The molecule has 0 spiro atoms. The van der Waals surface area contributed by atoms with E-state index in [0.29, 0.717) is 13.2 Å². The maximum Gasteiger partial charge on any atom is 0.291 e. The SMILES string of the molecule is Cc1sc(NC(=O)c2ccco2)c(C(c2cccc(F)c2)N2CCOCC2)c1C. The van der Waals surface area contributed by atoms with E-state index in [1.165, 1.54) is 23.7 Å². The van der Waals surface area contributed by atoms with Crippen molar-refractivity contribution in [2.75, 3.05) is 31.6 Å². The lowest BCUT2D eigenvalue weighted by Crippen LogP contribution is -2.40. The first kappa shape index (κ1) is 19.8. The second kappa shape index (κ2) is 8.49. The summed E-state index contributed by atoms with van der Waals surface area (Å²) in [7, 11) is 0. The molecule has 1 unspecified atom stereocenters. The number of carbonyl (C=O) groups excluding carboxylic acids is 1. The highest BCUT2D eigenvalue weighted by Crippen LogP contribution is 2.42. The zero-order chi connectivity index (χ0) is 20.4. The smallest absolute Gasteiger partial charge is 0.291 e. The fourth-order valence-corrected chi connectivity index (χ4v) is 4.80. The van der Waals surface area contributed by atoms with E-state index >= 15 is 0 Å². The Bertz CT molecular complexity index is 994. The number of nitrogens with one attached hydrogen (secondary N) is 1. The molecule has 1 aliphatic heterocycles. The summed E-state index contributed by atoms with van der Waals surface area (Å²) in [6.07, 6.45) is 1.48. The minimum Gasteiger partial charge on any atom is -0.459 e. The van der Waals surface area contributed by atoms with Crippen molar-refractivity contribution in [3.8, 4) is 0 Å². The number of benzene rings is 1. The van der Waals surface area contributed by atoms with Crippen molar-refractivity contribution in [1.82, 2.24) is 4.90 Å². The number of aryl methyl sites for hydroxylation is 1. The molecular weight excluding hydrogens is 391 g/mol. The Kier molecular flexibility index (Phi) is 5.80. The third-order valence-corrected chi connectivity index (χ3v) is 6.39. The lowest BCUT2D eigenvalue weighted by molar-refractivity contribution is 0.0240. The highest BCUT2D eigenvalue weighted by molar-refractivity contribution is 7.16. The molecule has 2 aromatic heterocycles. The number of thiophene rings is 1. The molecule has 29 heavy (non-hydrogen) atoms. The molecule has 7 heteroatoms. The van der Waals surface area contributed by atoms with Crippen LogP contribution in [0.25, 0.3) is 0 Å². The lowest BCUT2D eigenvalue weighted by Gasteiger charge is -2.35. The van der Waals surface area contributed by atoms with E-state index in [9.17, 15) is 9.18 Å². The number of hydrogen-bond donors (Lipinski definition) is 1. The first-order chi connectivity index (χ1) is 14.0. The molecule has 1 atom stereocenters. The lowest BCUT2D eigenvalue weighted by atomic mass is 9.94. The normalized spacial score (nSPS) is 16.0. The summed E-state index contributed by atoms with van der Waals surface area (Å²) >= 11 is 1.53. The molecule has 1 aromatic carbocycles. The maximum atomic E-state index is 14.1. The fourth-order valence-electron chi connectivity index (χ4n) is 3.71. The molecule has 1 fully saturated rings. The summed E-state index contributed by atoms with van der Waals surface area (Å²) in [4.78, 5) is 16.0. The third kappa shape index (κ3) is 4.12. The predicted molar refractivity (Wildman–Crippen MR) is 111 cm³/mol. The van der Waals surface area contributed by atoms with Crippen LogP contribution in [0.15, 0.2) is 47.1 Å². The van der Waals surface area contributed by atoms with Crippen molar-refractivity contribution < 1.29 is 18.3 Å². The average Bonchev–Trinajstić information content (AvgIpc) is 3.34. The van der Waals surface area contributed by atoms with Gasteiger partial charge in [-0.3, -0.25) is 9.69 Å². The molecule has 5 nitrogen and oxygen atoms in total. The predicted octanol–water partition coefficient (Wildman–Crippen LogP) is 4.77. The monoisotopic (exact) mass is 414 g/mol. The second-order valence-corrected chi connectivity index (χ2v) is 8.29. The summed E-state index contributed by atoms with van der Waals surface area (Å²) in [6, 6.07) is 9.84. The molecule has 152 valence electrons. The zero-order valence-electron chi connectivity index (χ0n) is 16.4. The Hall–Kier alpha value is -2.48. The van der Waals surface area contributed by atoms with Crippen LogP contribution in [-0.2, 0) is 4.74 Å². The maximum absolute atomic E-state index is 14.1. The van der Waals surface area contributed by atoms with Crippen LogP contribution in [0.5, 0.6) is 0 Å². The van der Waals surface area contributed by atoms with Gasteiger partial charge in [-0.05, 0) is 49.2 Å². The van der Waals surface area contributed by atoms with E-state index in [1.807, 2.05) is 13.0 Å². The van der Waals surface area contributed by atoms with Gasteiger partial charge in [0.2, 0.25) is 0 Å². The molecule has 1 N–H and O–H groups in total. The highest BCUT2D eigenvalue weighted by atomic mass is 32.1. The Morgan fingerprint density at radius 2 is 2.00 bits per heavy atom. The number of morpholine rings is 1. The third-order valence-electron chi connectivity index (χ3n) is 5.25. The van der Waals surface area contributed by atoms with E-state index in [0.717, 1.165) is 39.7 Å². The van der Waals surface area contributed by atoms with Gasteiger partial charge < -0.3 is 14.5 Å². The molecule has 1 aliphatic rings. The van der Waals surface area contributed by atoms with Gasteiger partial charge in [0.25, 0.3) is 5.91 Å². The minimum atomic E-state index is -0.294. The van der Waals surface area contributed by atoms with Crippen molar-refractivity contribution >= 4 is 22.2 Å². The van der Waals surface area contributed by atoms with Gasteiger partial charge in [-0.1, -0.05) is 12.1 Å². The van der Waals surface area contributed by atoms with Crippen LogP contribution in [-0.4, -0.2) is 37.1 Å². The quantitative estimate of drug-likeness (QED) is 0.653. The standard InChI is InChI=1S/C22H23FN2O3S/c1-14-15(2)29-22(24-21(26)18-7-4-10-28-18)19(14)20(25-8-11-27-12-9-25)16-5-3-6-17(23)13-16/h3-7,10,13,20H,8-9,11-12H2,1-2H3,(H,24,26). The van der Waals surface area contributed by atoms with Crippen LogP contribution >= 0.6 is 11.3 Å². The zero-order valence-corrected chi connectivity index (χ0v) is 17.2. The number of rotatable bonds is 5. The summed E-state index contributed by atoms with van der Waals surface area (Å²) in [5, 5.41) is 3.78. The van der Waals surface area contributed by atoms with Crippen molar-refractivity contribution in [2.45, 2.75) is 19.9 Å². The number of amides is 1. The molecule has 4 rings (SSSR count). The highest BCUT2D eigenvalue weighted by Gasteiger charge is 2.31. The Balaban J connectivity index is 1.78. The van der Waals surface area contributed by atoms with Crippen LogP contribution in [0.1, 0.15) is 38.2 Å². The molecule has 1 amide bonds. The van der Waals surface area contributed by atoms with Gasteiger partial charge in [-0.2, -0.15) is 0 Å². The Labute approximate surface area is 173 Å². The van der Waals surface area contributed by atoms with Gasteiger partial charge in [0, 0.05) is 23.5 Å². The molecule has 3 heterocycles. The van der Waals surface area contributed by atoms with Crippen LogP contribution in [0.3, 0.4) is 0 Å². The van der Waals surface area contributed by atoms with Gasteiger partial charge in [0.15, 0.2) is 5.76 Å². The number of anilines is 1. The van der Waals surface area contributed by atoms with E-state index < -0.39 is 0 Å². The average molecular weight is 415 g/mol. The summed E-state index contributed by atoms with van der Waals surface area (Å²) in [5.41, 5.74) is 2.96. The summed E-state index contributed by atoms with van der Waals surface area (Å²) in [6.45, 7) is 6.82. The second-order valence-electron chi connectivity index (χ2n) is 7.06. The number of carbonyl (C=O) groups is 1. The first-order valence-electron chi connectivity index (χ1n) is 9.56. The molecule has 1 saturated heterocycles. The van der Waals surface area contributed by atoms with Crippen LogP contribution < -0.4 is 5.32 Å². The van der Waals surface area contributed by atoms with Gasteiger partial charge in [0.05, 0.1) is 25.5 Å².